The van der Waals surface area contributed by atoms with Crippen LogP contribution >= 0.6 is 0 Å². The van der Waals surface area contributed by atoms with Crippen molar-refractivity contribution in [2.24, 2.45) is 0 Å². The molecule has 0 aromatic heterocycles. The molecule has 8 heteroatoms. The van der Waals surface area contributed by atoms with Gasteiger partial charge in [-0.05, 0) is 17.7 Å². The van der Waals surface area contributed by atoms with E-state index in [1.54, 1.807) is 24.3 Å². The van der Waals surface area contributed by atoms with Gasteiger partial charge in [-0.3, -0.25) is 4.79 Å². The zero-order valence-corrected chi connectivity index (χ0v) is 13.0. The first-order valence-corrected chi connectivity index (χ1v) is 8.00. The second-order valence-electron chi connectivity index (χ2n) is 4.60. The molecule has 0 saturated carbocycles. The van der Waals surface area contributed by atoms with Crippen molar-refractivity contribution in [1.82, 2.24) is 9.62 Å². The molecule has 0 bridgehead atoms. The Morgan fingerprint density at radius 3 is 2.52 bits per heavy atom. The van der Waals surface area contributed by atoms with E-state index in [1.807, 2.05) is 0 Å². The van der Waals surface area contributed by atoms with Gasteiger partial charge in [0.25, 0.3) is 0 Å². The van der Waals surface area contributed by atoms with Gasteiger partial charge in [0, 0.05) is 26.4 Å². The molecule has 0 aliphatic heterocycles. The van der Waals surface area contributed by atoms with Crippen LogP contribution in [-0.4, -0.2) is 52.5 Å². The van der Waals surface area contributed by atoms with E-state index in [4.69, 9.17) is 10.5 Å². The van der Waals surface area contributed by atoms with Crippen molar-refractivity contribution < 1.29 is 17.9 Å². The molecule has 0 saturated heterocycles. The number of anilines is 1. The minimum atomic E-state index is -3.55. The number of hydrogen-bond acceptors (Lipinski definition) is 5. The van der Waals surface area contributed by atoms with Crippen molar-refractivity contribution >= 4 is 21.6 Å². The lowest BCUT2D eigenvalue weighted by Crippen LogP contribution is -2.39. The maximum absolute atomic E-state index is 12.1. The summed E-state index contributed by atoms with van der Waals surface area (Å²) in [6.45, 7) is 0.510. The number of hydrogen-bond donors (Lipinski definition) is 2. The molecule has 1 aromatic rings. The highest BCUT2D eigenvalue weighted by molar-refractivity contribution is 7.88. The molecule has 118 valence electrons. The van der Waals surface area contributed by atoms with Crippen molar-refractivity contribution in [2.45, 2.75) is 5.75 Å². The van der Waals surface area contributed by atoms with Crippen LogP contribution in [0.15, 0.2) is 24.3 Å². The van der Waals surface area contributed by atoms with Crippen LogP contribution in [0.1, 0.15) is 5.56 Å². The summed E-state index contributed by atoms with van der Waals surface area (Å²) in [6.07, 6.45) is 0. The fourth-order valence-corrected chi connectivity index (χ4v) is 2.73. The highest BCUT2D eigenvalue weighted by atomic mass is 32.2. The Balaban J connectivity index is 2.56. The second kappa shape index (κ2) is 7.96. The lowest BCUT2D eigenvalue weighted by atomic mass is 10.2. The number of nitrogen functional groups attached to an aromatic ring is 1. The Hall–Kier alpha value is -1.64. The standard InChI is InChI=1S/C13H21N3O4S/c1-16(9-13(17)15-7-8-20-2)21(18,19)10-11-3-5-12(14)6-4-11/h3-6H,7-10,14H2,1-2H3,(H,15,17). The normalized spacial score (nSPS) is 11.6. The molecule has 7 nitrogen and oxygen atoms in total. The van der Waals surface area contributed by atoms with E-state index in [2.05, 4.69) is 5.32 Å². The van der Waals surface area contributed by atoms with Crippen LogP contribution in [0.25, 0.3) is 0 Å². The topological polar surface area (TPSA) is 102 Å². The van der Waals surface area contributed by atoms with E-state index in [0.717, 1.165) is 4.31 Å². The van der Waals surface area contributed by atoms with Gasteiger partial charge in [-0.15, -0.1) is 0 Å². The zero-order valence-electron chi connectivity index (χ0n) is 12.2. The van der Waals surface area contributed by atoms with Crippen LogP contribution in [0.4, 0.5) is 5.69 Å². The number of rotatable bonds is 8. The smallest absolute Gasteiger partial charge is 0.235 e. The summed E-state index contributed by atoms with van der Waals surface area (Å²) < 4.78 is 30.1. The van der Waals surface area contributed by atoms with E-state index in [1.165, 1.54) is 14.2 Å². The summed E-state index contributed by atoms with van der Waals surface area (Å²) in [4.78, 5) is 11.6. The Morgan fingerprint density at radius 2 is 1.95 bits per heavy atom. The number of nitrogens with one attached hydrogen (secondary N) is 1. The fraction of sp³-hybridized carbons (Fsp3) is 0.462. The van der Waals surface area contributed by atoms with Crippen molar-refractivity contribution in [3.05, 3.63) is 29.8 Å². The van der Waals surface area contributed by atoms with Gasteiger partial charge in [-0.1, -0.05) is 12.1 Å². The molecule has 0 aliphatic carbocycles. The molecule has 0 fully saturated rings. The molecule has 1 rings (SSSR count). The first-order valence-electron chi connectivity index (χ1n) is 6.39. The lowest BCUT2D eigenvalue weighted by Gasteiger charge is -2.17. The number of amides is 1. The van der Waals surface area contributed by atoms with Gasteiger partial charge >= 0.3 is 0 Å². The van der Waals surface area contributed by atoms with Crippen molar-refractivity contribution in [3.63, 3.8) is 0 Å². The Kier molecular flexibility index (Phi) is 6.60. The number of methoxy groups -OCH3 is 1. The molecule has 0 heterocycles. The van der Waals surface area contributed by atoms with Crippen molar-refractivity contribution in [2.75, 3.05) is 39.6 Å². The molecule has 0 atom stereocenters. The van der Waals surface area contributed by atoms with Gasteiger partial charge in [0.05, 0.1) is 18.9 Å². The largest absolute Gasteiger partial charge is 0.399 e. The summed E-state index contributed by atoms with van der Waals surface area (Å²) in [5, 5.41) is 2.57. The van der Waals surface area contributed by atoms with Crippen LogP contribution in [0, 0.1) is 0 Å². The summed E-state index contributed by atoms with van der Waals surface area (Å²) in [7, 11) is -0.651. The summed E-state index contributed by atoms with van der Waals surface area (Å²) in [5.74, 6) is -0.537. The van der Waals surface area contributed by atoms with E-state index in [9.17, 15) is 13.2 Å². The molecule has 1 amide bonds. The number of nitrogens with zero attached hydrogens (tertiary/aromatic N) is 1. The molecule has 3 N–H and O–H groups in total. The van der Waals surface area contributed by atoms with Crippen LogP contribution in [-0.2, 0) is 25.3 Å². The summed E-state index contributed by atoms with van der Waals surface area (Å²) >= 11 is 0. The summed E-state index contributed by atoms with van der Waals surface area (Å²) in [5.41, 5.74) is 6.74. The van der Waals surface area contributed by atoms with Crippen molar-refractivity contribution in [3.8, 4) is 0 Å². The number of carbonyl (C=O) groups excluding carboxylic acids is 1. The second-order valence-corrected chi connectivity index (χ2v) is 6.67. The van der Waals surface area contributed by atoms with E-state index < -0.39 is 10.0 Å². The minimum absolute atomic E-state index is 0.171. The van der Waals surface area contributed by atoms with Crippen LogP contribution in [0.3, 0.4) is 0 Å². The molecule has 21 heavy (non-hydrogen) atoms. The third-order valence-electron chi connectivity index (χ3n) is 2.80. The number of likely N-dealkylation sites (N-methyl/N-ethyl adjacent to an activating group) is 1. The number of carbonyl (C=O) groups is 1. The molecular weight excluding hydrogens is 294 g/mol. The maximum atomic E-state index is 12.1. The van der Waals surface area contributed by atoms with Gasteiger partial charge in [0.1, 0.15) is 0 Å². The lowest BCUT2D eigenvalue weighted by molar-refractivity contribution is -0.121. The average Bonchev–Trinajstić information content (AvgIpc) is 2.41. The number of ether oxygens (including phenoxy) is 1. The van der Waals surface area contributed by atoms with E-state index in [-0.39, 0.29) is 18.2 Å². The van der Waals surface area contributed by atoms with Gasteiger partial charge in [-0.25, -0.2) is 8.42 Å². The molecular formula is C13H21N3O4S. The number of sulfonamides is 1. The number of nitrogens with two attached hydrogens (primary N) is 1. The van der Waals surface area contributed by atoms with Gasteiger partial charge in [0.15, 0.2) is 0 Å². The quantitative estimate of drug-likeness (QED) is 0.511. The Morgan fingerprint density at radius 1 is 1.33 bits per heavy atom. The predicted octanol–water partition coefficient (Wildman–Crippen LogP) is -0.207. The predicted molar refractivity (Wildman–Crippen MR) is 81.0 cm³/mol. The summed E-state index contributed by atoms with van der Waals surface area (Å²) in [6, 6.07) is 6.59. The molecule has 0 spiro atoms. The van der Waals surface area contributed by atoms with Crippen LogP contribution in [0.5, 0.6) is 0 Å². The van der Waals surface area contributed by atoms with Crippen LogP contribution < -0.4 is 11.1 Å². The Bertz CT molecular complexity index is 557. The van der Waals surface area contributed by atoms with Gasteiger partial charge < -0.3 is 15.8 Å². The molecule has 0 aliphatic rings. The molecule has 1 aromatic carbocycles. The number of benzene rings is 1. The third kappa shape index (κ3) is 6.11. The SMILES string of the molecule is COCCNC(=O)CN(C)S(=O)(=O)Cc1ccc(N)cc1. The first-order chi connectivity index (χ1) is 9.85. The maximum Gasteiger partial charge on any atom is 0.235 e. The highest BCUT2D eigenvalue weighted by Crippen LogP contribution is 2.11. The van der Waals surface area contributed by atoms with Gasteiger partial charge in [-0.2, -0.15) is 4.31 Å². The molecule has 0 unspecified atom stereocenters. The Labute approximate surface area is 125 Å². The molecule has 0 radical (unpaired) electrons. The fourth-order valence-electron chi connectivity index (χ4n) is 1.58. The van der Waals surface area contributed by atoms with E-state index in [0.29, 0.717) is 24.4 Å². The van der Waals surface area contributed by atoms with Crippen molar-refractivity contribution in [1.29, 1.82) is 0 Å². The van der Waals surface area contributed by atoms with E-state index >= 15 is 0 Å². The highest BCUT2D eigenvalue weighted by Gasteiger charge is 2.20. The van der Waals surface area contributed by atoms with Gasteiger partial charge in [0.2, 0.25) is 15.9 Å². The first kappa shape index (κ1) is 17.4. The average molecular weight is 315 g/mol. The third-order valence-corrected chi connectivity index (χ3v) is 4.58. The van der Waals surface area contributed by atoms with Crippen LogP contribution in [0.2, 0.25) is 0 Å². The minimum Gasteiger partial charge on any atom is -0.399 e. The monoisotopic (exact) mass is 315 g/mol. The zero-order chi connectivity index (χ0) is 15.9.